The lowest BCUT2D eigenvalue weighted by Gasteiger charge is -2.40. The number of hydrogen-bond acceptors (Lipinski definition) is 8. The van der Waals surface area contributed by atoms with Gasteiger partial charge in [-0.15, -0.1) is 0 Å². The predicted molar refractivity (Wildman–Crippen MR) is 235 cm³/mol. The molecule has 6 N–H and O–H groups in total. The van der Waals surface area contributed by atoms with E-state index in [1.165, 1.54) is 180 Å². The van der Waals surface area contributed by atoms with Crippen molar-refractivity contribution in [2.75, 3.05) is 13.2 Å². The molecular formula is C48H95NO8. The summed E-state index contributed by atoms with van der Waals surface area (Å²) in [6.45, 7) is 3.85. The summed E-state index contributed by atoms with van der Waals surface area (Å²) in [6, 6.07) is -0.711. The summed E-state index contributed by atoms with van der Waals surface area (Å²) < 4.78 is 11.3. The monoisotopic (exact) mass is 814 g/mol. The van der Waals surface area contributed by atoms with Crippen molar-refractivity contribution in [3.8, 4) is 0 Å². The van der Waals surface area contributed by atoms with Gasteiger partial charge in [0, 0.05) is 6.42 Å². The van der Waals surface area contributed by atoms with Gasteiger partial charge in [-0.1, -0.05) is 226 Å². The third-order valence-electron chi connectivity index (χ3n) is 12.2. The lowest BCUT2D eigenvalue weighted by atomic mass is 9.99. The van der Waals surface area contributed by atoms with Crippen LogP contribution in [0.4, 0.5) is 0 Å². The Balaban J connectivity index is 2.24. The Bertz CT molecular complexity index is 862. The smallest absolute Gasteiger partial charge is 0.220 e. The zero-order chi connectivity index (χ0) is 41.6. The normalized spacial score (nSPS) is 20.9. The fourth-order valence-corrected chi connectivity index (χ4v) is 8.22. The molecule has 0 radical (unpaired) electrons. The third-order valence-corrected chi connectivity index (χ3v) is 12.2. The SMILES string of the molecule is CCCCCCCCCCCCCCCCCCCCCCCC(=O)NC(COC1OC(CO)C(O)C(O)C1O)C(O)CCCCCCCCCCCCCCC. The molecule has 1 fully saturated rings. The topological polar surface area (TPSA) is 149 Å². The molecule has 340 valence electrons. The van der Waals surface area contributed by atoms with Gasteiger partial charge in [0.1, 0.15) is 24.4 Å². The first-order valence-electron chi connectivity index (χ1n) is 24.7. The van der Waals surface area contributed by atoms with Gasteiger partial charge >= 0.3 is 0 Å². The molecule has 0 spiro atoms. The van der Waals surface area contributed by atoms with Crippen LogP contribution < -0.4 is 5.32 Å². The number of nitrogens with one attached hydrogen (secondary N) is 1. The summed E-state index contributed by atoms with van der Waals surface area (Å²) >= 11 is 0. The summed E-state index contributed by atoms with van der Waals surface area (Å²) in [5.74, 6) is -0.139. The fourth-order valence-electron chi connectivity index (χ4n) is 8.22. The lowest BCUT2D eigenvalue weighted by molar-refractivity contribution is -0.302. The highest BCUT2D eigenvalue weighted by Gasteiger charge is 2.44. The molecule has 0 aromatic carbocycles. The summed E-state index contributed by atoms with van der Waals surface area (Å²) in [4.78, 5) is 13.0. The Morgan fingerprint density at radius 2 is 0.877 bits per heavy atom. The number of rotatable bonds is 42. The molecule has 1 aliphatic heterocycles. The lowest BCUT2D eigenvalue weighted by Crippen LogP contribution is -2.60. The Morgan fingerprint density at radius 1 is 0.526 bits per heavy atom. The van der Waals surface area contributed by atoms with E-state index in [9.17, 15) is 30.3 Å². The van der Waals surface area contributed by atoms with Gasteiger partial charge in [-0.3, -0.25) is 4.79 Å². The van der Waals surface area contributed by atoms with Crippen molar-refractivity contribution >= 4 is 5.91 Å². The van der Waals surface area contributed by atoms with Crippen molar-refractivity contribution in [1.29, 1.82) is 0 Å². The standard InChI is InChI=1S/C48H95NO8/c1-3-5-7-9-11-13-15-17-18-19-20-21-22-23-24-26-28-30-32-34-36-38-44(52)49-41(40-56-48-47(55)46(54)45(53)43(39-50)57-48)42(51)37-35-33-31-29-27-25-16-14-12-10-8-6-4-2/h41-43,45-48,50-51,53-55H,3-40H2,1-2H3,(H,49,52). The van der Waals surface area contributed by atoms with Gasteiger partial charge in [-0.2, -0.15) is 0 Å². The zero-order valence-corrected chi connectivity index (χ0v) is 37.4. The highest BCUT2D eigenvalue weighted by molar-refractivity contribution is 5.76. The van der Waals surface area contributed by atoms with Crippen LogP contribution in [0.5, 0.6) is 0 Å². The van der Waals surface area contributed by atoms with E-state index in [0.717, 1.165) is 38.5 Å². The predicted octanol–water partition coefficient (Wildman–Crippen LogP) is 10.7. The first-order chi connectivity index (χ1) is 27.8. The van der Waals surface area contributed by atoms with Crippen LogP contribution in [0.3, 0.4) is 0 Å². The molecule has 0 aliphatic carbocycles. The highest BCUT2D eigenvalue weighted by atomic mass is 16.7. The second-order valence-corrected chi connectivity index (χ2v) is 17.6. The van der Waals surface area contributed by atoms with Gasteiger partial charge in [0.2, 0.25) is 5.91 Å². The van der Waals surface area contributed by atoms with Gasteiger partial charge in [0.15, 0.2) is 6.29 Å². The number of aliphatic hydroxyl groups excluding tert-OH is 5. The number of aliphatic hydroxyl groups is 5. The maximum Gasteiger partial charge on any atom is 0.220 e. The van der Waals surface area contributed by atoms with E-state index in [4.69, 9.17) is 9.47 Å². The molecule has 1 aliphatic rings. The summed E-state index contributed by atoms with van der Waals surface area (Å²) in [7, 11) is 0. The van der Waals surface area contributed by atoms with Gasteiger partial charge in [-0.05, 0) is 12.8 Å². The van der Waals surface area contributed by atoms with E-state index >= 15 is 0 Å². The van der Waals surface area contributed by atoms with Gasteiger partial charge < -0.3 is 40.3 Å². The van der Waals surface area contributed by atoms with E-state index in [1.807, 2.05) is 0 Å². The maximum atomic E-state index is 13.0. The fraction of sp³-hybridized carbons (Fsp3) is 0.979. The van der Waals surface area contributed by atoms with Crippen LogP contribution in [0.2, 0.25) is 0 Å². The van der Waals surface area contributed by atoms with E-state index < -0.39 is 49.5 Å². The minimum atomic E-state index is -1.55. The molecule has 57 heavy (non-hydrogen) atoms. The summed E-state index contributed by atoms with van der Waals surface area (Å²) in [5.41, 5.74) is 0. The highest BCUT2D eigenvalue weighted by Crippen LogP contribution is 2.23. The zero-order valence-electron chi connectivity index (χ0n) is 37.4. The van der Waals surface area contributed by atoms with Crippen molar-refractivity contribution in [2.45, 2.75) is 288 Å². The molecule has 9 nitrogen and oxygen atoms in total. The molecule has 0 saturated carbocycles. The van der Waals surface area contributed by atoms with Crippen molar-refractivity contribution in [3.05, 3.63) is 0 Å². The van der Waals surface area contributed by atoms with Crippen LogP contribution in [-0.2, 0) is 14.3 Å². The number of hydrogen-bond donors (Lipinski definition) is 6. The van der Waals surface area contributed by atoms with Gasteiger partial charge in [0.25, 0.3) is 0 Å². The third kappa shape index (κ3) is 30.0. The van der Waals surface area contributed by atoms with E-state index in [-0.39, 0.29) is 12.5 Å². The quantitative estimate of drug-likeness (QED) is 0.0334. The number of carbonyl (C=O) groups is 1. The maximum absolute atomic E-state index is 13.0. The molecule has 7 unspecified atom stereocenters. The largest absolute Gasteiger partial charge is 0.394 e. The van der Waals surface area contributed by atoms with Crippen molar-refractivity contribution in [3.63, 3.8) is 0 Å². The van der Waals surface area contributed by atoms with Crippen LogP contribution in [0.25, 0.3) is 0 Å². The summed E-state index contributed by atoms with van der Waals surface area (Å²) in [6.07, 6.45) is 36.8. The van der Waals surface area contributed by atoms with Crippen molar-refractivity contribution < 1.29 is 39.8 Å². The van der Waals surface area contributed by atoms with E-state index in [0.29, 0.717) is 12.8 Å². The average Bonchev–Trinajstić information content (AvgIpc) is 3.21. The summed E-state index contributed by atoms with van der Waals surface area (Å²) in [5, 5.41) is 54.4. The van der Waals surface area contributed by atoms with Crippen LogP contribution >= 0.6 is 0 Å². The van der Waals surface area contributed by atoms with E-state index in [2.05, 4.69) is 19.2 Å². The average molecular weight is 814 g/mol. The van der Waals surface area contributed by atoms with Gasteiger partial charge in [0.05, 0.1) is 25.4 Å². The van der Waals surface area contributed by atoms with Crippen LogP contribution in [0.15, 0.2) is 0 Å². The molecule has 1 saturated heterocycles. The second kappa shape index (κ2) is 39.3. The molecular weight excluding hydrogens is 719 g/mol. The van der Waals surface area contributed by atoms with Gasteiger partial charge in [-0.25, -0.2) is 0 Å². The Labute approximate surface area is 351 Å². The van der Waals surface area contributed by atoms with Crippen molar-refractivity contribution in [1.82, 2.24) is 5.32 Å². The minimum absolute atomic E-state index is 0.132. The molecule has 1 rings (SSSR count). The number of carbonyl (C=O) groups excluding carboxylic acids is 1. The molecule has 1 heterocycles. The molecule has 0 bridgehead atoms. The van der Waals surface area contributed by atoms with Crippen LogP contribution in [0, 0.1) is 0 Å². The Morgan fingerprint density at radius 3 is 1.25 bits per heavy atom. The molecule has 9 heteroatoms. The molecule has 7 atom stereocenters. The molecule has 1 amide bonds. The first-order valence-corrected chi connectivity index (χ1v) is 24.7. The number of unbranched alkanes of at least 4 members (excludes halogenated alkanes) is 32. The minimum Gasteiger partial charge on any atom is -0.394 e. The van der Waals surface area contributed by atoms with E-state index in [1.54, 1.807) is 0 Å². The molecule has 0 aromatic rings. The number of ether oxygens (including phenoxy) is 2. The number of amides is 1. The van der Waals surface area contributed by atoms with Crippen LogP contribution in [-0.4, -0.2) is 87.5 Å². The first kappa shape index (κ1) is 54.2. The Kier molecular flexibility index (Phi) is 37.4. The second-order valence-electron chi connectivity index (χ2n) is 17.6. The Hall–Kier alpha value is -0.810. The van der Waals surface area contributed by atoms with Crippen molar-refractivity contribution in [2.24, 2.45) is 0 Å². The molecule has 0 aromatic heterocycles. The van der Waals surface area contributed by atoms with Crippen LogP contribution in [0.1, 0.15) is 245 Å².